The lowest BCUT2D eigenvalue weighted by atomic mass is 10.1. The molecular weight excluding hydrogens is 353 g/mol. The van der Waals surface area contributed by atoms with E-state index in [0.717, 1.165) is 4.90 Å². The first-order valence-corrected chi connectivity index (χ1v) is 10.6. The summed E-state index contributed by atoms with van der Waals surface area (Å²) in [7, 11) is 2.92. The van der Waals surface area contributed by atoms with Crippen LogP contribution in [0.1, 0.15) is 20.7 Å². The van der Waals surface area contributed by atoms with Crippen LogP contribution >= 0.6 is 28.7 Å². The van der Waals surface area contributed by atoms with Gasteiger partial charge in [0.25, 0.3) is 11.8 Å². The Labute approximate surface area is 136 Å². The highest BCUT2D eigenvalue weighted by Gasteiger charge is 2.39. The van der Waals surface area contributed by atoms with Crippen LogP contribution in [-0.4, -0.2) is 42.2 Å². The highest BCUT2D eigenvalue weighted by molar-refractivity contribution is 8.67. The predicted octanol–water partition coefficient (Wildman–Crippen LogP) is 3.10. The van der Waals surface area contributed by atoms with E-state index in [0.29, 0.717) is 11.1 Å². The number of fused-ring (bicyclic) bond motifs is 1. The lowest BCUT2D eigenvalue weighted by Crippen LogP contribution is -2.37. The van der Waals surface area contributed by atoms with Crippen molar-refractivity contribution in [3.63, 3.8) is 0 Å². The molecule has 0 aromatic heterocycles. The highest BCUT2D eigenvalue weighted by Crippen LogP contribution is 2.60. The molecular formula is C12H13ClNO4PS2. The van der Waals surface area contributed by atoms with Crippen molar-refractivity contribution < 1.29 is 18.6 Å². The van der Waals surface area contributed by atoms with Gasteiger partial charge in [0.1, 0.15) is 5.50 Å². The van der Waals surface area contributed by atoms with E-state index in [-0.39, 0.29) is 17.6 Å². The molecule has 0 N–H and O–H groups in total. The van der Waals surface area contributed by atoms with Crippen molar-refractivity contribution in [1.29, 1.82) is 0 Å². The quantitative estimate of drug-likeness (QED) is 0.334. The van der Waals surface area contributed by atoms with Gasteiger partial charge in [-0.05, 0) is 23.9 Å². The molecule has 0 bridgehead atoms. The van der Waals surface area contributed by atoms with Gasteiger partial charge in [0.05, 0.1) is 11.1 Å². The zero-order valence-electron chi connectivity index (χ0n) is 11.3. The van der Waals surface area contributed by atoms with Gasteiger partial charge in [-0.3, -0.25) is 14.5 Å². The molecule has 0 aliphatic carbocycles. The number of amides is 2. The van der Waals surface area contributed by atoms with Crippen molar-refractivity contribution in [1.82, 2.24) is 4.90 Å². The molecule has 1 aliphatic heterocycles. The van der Waals surface area contributed by atoms with Crippen molar-refractivity contribution in [2.75, 3.05) is 20.0 Å². The van der Waals surface area contributed by atoms with Crippen LogP contribution < -0.4 is 0 Å². The number of halogens is 1. The monoisotopic (exact) mass is 365 g/mol. The molecule has 0 fully saturated rings. The largest absolute Gasteiger partial charge is 0.325 e. The molecule has 1 heterocycles. The maximum atomic E-state index is 12.2. The minimum atomic E-state index is -2.47. The second-order valence-corrected chi connectivity index (χ2v) is 11.1. The number of hydrogen-bond donors (Lipinski definition) is 0. The van der Waals surface area contributed by atoms with Gasteiger partial charge in [-0.15, -0.1) is 0 Å². The molecule has 21 heavy (non-hydrogen) atoms. The van der Waals surface area contributed by atoms with Crippen LogP contribution in [0.5, 0.6) is 0 Å². The van der Waals surface area contributed by atoms with Gasteiger partial charge in [0, 0.05) is 20.0 Å². The van der Waals surface area contributed by atoms with E-state index >= 15 is 0 Å². The van der Waals surface area contributed by atoms with E-state index in [2.05, 4.69) is 0 Å². The second kappa shape index (κ2) is 6.77. The summed E-state index contributed by atoms with van der Waals surface area (Å²) in [5.41, 5.74) is -2.54. The summed E-state index contributed by atoms with van der Waals surface area (Å²) in [6.45, 7) is 0. The number of imide groups is 1. The van der Waals surface area contributed by atoms with Gasteiger partial charge in [-0.2, -0.15) is 0 Å². The van der Waals surface area contributed by atoms with Crippen LogP contribution in [0.25, 0.3) is 0 Å². The van der Waals surface area contributed by atoms with Gasteiger partial charge in [0.15, 0.2) is 0 Å². The first-order valence-electron chi connectivity index (χ1n) is 5.90. The third-order valence-electron chi connectivity index (χ3n) is 2.92. The Balaban J connectivity index is 2.12. The predicted molar refractivity (Wildman–Crippen MR) is 87.3 cm³/mol. The van der Waals surface area contributed by atoms with Crippen molar-refractivity contribution in [3.05, 3.63) is 35.4 Å². The average Bonchev–Trinajstić information content (AvgIpc) is 2.77. The molecule has 114 valence electrons. The summed E-state index contributed by atoms with van der Waals surface area (Å²) in [4.78, 5) is 25.5. The Morgan fingerprint density at radius 3 is 2.14 bits per heavy atom. The lowest BCUT2D eigenvalue weighted by Gasteiger charge is -2.23. The standard InChI is InChI=1S/C12H13ClNO4PS2/c1-17-19(20,18-2)21-7-10(13)14-11(15)8-5-3-4-6-9(8)12(14)16/h3-6,10H,7H2,1-2H3. The average molecular weight is 366 g/mol. The normalized spacial score (nSPS) is 16.2. The van der Waals surface area contributed by atoms with Crippen LogP contribution in [0, 0.1) is 0 Å². The van der Waals surface area contributed by atoms with Gasteiger partial charge >= 0.3 is 0 Å². The van der Waals surface area contributed by atoms with Crippen molar-refractivity contribution in [3.8, 4) is 0 Å². The first kappa shape index (κ1) is 16.9. The number of hydrogen-bond acceptors (Lipinski definition) is 6. The number of nitrogens with zero attached hydrogens (tertiary/aromatic N) is 1. The van der Waals surface area contributed by atoms with Crippen LogP contribution in [0.15, 0.2) is 24.3 Å². The molecule has 2 amide bonds. The van der Waals surface area contributed by atoms with Crippen molar-refractivity contribution in [2.24, 2.45) is 0 Å². The number of carbonyl (C=O) groups is 2. The molecule has 0 saturated heterocycles. The third-order valence-corrected chi connectivity index (χ3v) is 9.26. The Morgan fingerprint density at radius 2 is 1.71 bits per heavy atom. The van der Waals surface area contributed by atoms with Gasteiger partial charge in [-0.1, -0.05) is 35.1 Å². The van der Waals surface area contributed by atoms with Crippen LogP contribution in [0.2, 0.25) is 0 Å². The Hall–Kier alpha value is -0.430. The van der Waals surface area contributed by atoms with E-state index in [4.69, 9.17) is 32.5 Å². The molecule has 1 aliphatic rings. The lowest BCUT2D eigenvalue weighted by molar-refractivity contribution is 0.0644. The minimum Gasteiger partial charge on any atom is -0.325 e. The molecule has 1 atom stereocenters. The maximum Gasteiger partial charge on any atom is 0.262 e. The van der Waals surface area contributed by atoms with Crippen LogP contribution in [-0.2, 0) is 20.9 Å². The van der Waals surface area contributed by atoms with Crippen molar-refractivity contribution >= 4 is 52.3 Å². The summed E-state index contributed by atoms with van der Waals surface area (Å²) in [6, 6.07) is 6.64. The van der Waals surface area contributed by atoms with Crippen molar-refractivity contribution in [2.45, 2.75) is 5.50 Å². The smallest absolute Gasteiger partial charge is 0.262 e. The number of benzene rings is 1. The summed E-state index contributed by atoms with van der Waals surface area (Å²) in [5.74, 6) is -0.537. The van der Waals surface area contributed by atoms with E-state index in [1.165, 1.54) is 25.6 Å². The van der Waals surface area contributed by atoms with E-state index in [9.17, 15) is 9.59 Å². The molecule has 5 nitrogen and oxygen atoms in total. The molecule has 1 aromatic rings. The Morgan fingerprint density at radius 1 is 1.24 bits per heavy atom. The zero-order valence-corrected chi connectivity index (χ0v) is 14.6. The SMILES string of the molecule is COP(=S)(OC)SCC(Cl)N1C(=O)c2ccccc2C1=O. The fourth-order valence-corrected chi connectivity index (χ4v) is 5.47. The van der Waals surface area contributed by atoms with E-state index < -0.39 is 11.2 Å². The van der Waals surface area contributed by atoms with Gasteiger partial charge in [-0.25, -0.2) is 0 Å². The Kier molecular flexibility index (Phi) is 5.46. The minimum absolute atomic E-state index is 0.242. The molecule has 1 unspecified atom stereocenters. The number of rotatable bonds is 6. The molecule has 0 spiro atoms. The maximum absolute atomic E-state index is 12.2. The number of alkyl halides is 1. The summed E-state index contributed by atoms with van der Waals surface area (Å²) in [6.07, 6.45) is 0. The van der Waals surface area contributed by atoms with Gasteiger partial charge < -0.3 is 9.05 Å². The van der Waals surface area contributed by atoms with Gasteiger partial charge in [0.2, 0.25) is 5.69 Å². The summed E-state index contributed by atoms with van der Waals surface area (Å²) >= 11 is 12.6. The summed E-state index contributed by atoms with van der Waals surface area (Å²) < 4.78 is 10.3. The molecule has 2 rings (SSSR count). The zero-order chi connectivity index (χ0) is 15.6. The topological polar surface area (TPSA) is 55.8 Å². The fourth-order valence-electron chi connectivity index (χ4n) is 1.87. The molecule has 0 saturated carbocycles. The highest BCUT2D eigenvalue weighted by atomic mass is 35.5. The molecule has 1 aromatic carbocycles. The van der Waals surface area contributed by atoms with E-state index in [1.54, 1.807) is 24.3 Å². The van der Waals surface area contributed by atoms with Crippen LogP contribution in [0.4, 0.5) is 0 Å². The fraction of sp³-hybridized carbons (Fsp3) is 0.333. The van der Waals surface area contributed by atoms with E-state index in [1.807, 2.05) is 0 Å². The Bertz CT molecular complexity index is 584. The molecule has 9 heteroatoms. The van der Waals surface area contributed by atoms with Crippen LogP contribution in [0.3, 0.4) is 0 Å². The molecule has 0 radical (unpaired) electrons. The first-order chi connectivity index (χ1) is 9.93. The second-order valence-electron chi connectivity index (χ2n) is 4.07. The third kappa shape index (κ3) is 3.33. The summed E-state index contributed by atoms with van der Waals surface area (Å²) in [5, 5.41) is 0. The number of carbonyl (C=O) groups excluding carboxylic acids is 2.